The molecule has 8 nitrogen and oxygen atoms in total. The van der Waals surface area contributed by atoms with Crippen molar-refractivity contribution in [3.63, 3.8) is 0 Å². The van der Waals surface area contributed by atoms with Gasteiger partial charge in [-0.1, -0.05) is 31.2 Å². The van der Waals surface area contributed by atoms with Crippen molar-refractivity contribution < 1.29 is 26.0 Å². The predicted octanol–water partition coefficient (Wildman–Crippen LogP) is 5.99. The Kier molecular flexibility index (Phi) is 6.00. The second-order valence-electron chi connectivity index (χ2n) is 9.27. The third-order valence-electron chi connectivity index (χ3n) is 6.72. The summed E-state index contributed by atoms with van der Waals surface area (Å²) < 4.78 is 72.3. The second kappa shape index (κ2) is 9.32. The second-order valence-corrected chi connectivity index (χ2v) is 13.2. The van der Waals surface area contributed by atoms with E-state index in [1.165, 1.54) is 0 Å². The highest BCUT2D eigenvalue weighted by Gasteiger charge is 2.27. The number of hydrogen-bond donors (Lipinski definition) is 2. The van der Waals surface area contributed by atoms with E-state index in [0.29, 0.717) is 22.5 Å². The molecule has 0 unspecified atom stereocenters. The molecule has 0 spiro atoms. The maximum atomic E-state index is 13.8. The molecule has 40 heavy (non-hydrogen) atoms. The standard InChI is InChI=1S/C29H22FN3O5S2/c1-2-39(34,35)22-8-3-17(4-9-22)23-14-20-13-18(5-10-24(20)32-29(23)31)19-6-11-26-25(15-19)33-40(36,37)28-12-7-21(30)16-27(28)38-26/h3-16,33H,2H2,1H3,(H2,31,32). The third-order valence-corrected chi connectivity index (χ3v) is 9.88. The number of sulfonamides is 1. The van der Waals surface area contributed by atoms with E-state index in [-0.39, 0.29) is 32.7 Å². The van der Waals surface area contributed by atoms with Crippen molar-refractivity contribution in [2.45, 2.75) is 16.7 Å². The highest BCUT2D eigenvalue weighted by molar-refractivity contribution is 7.93. The molecule has 3 N–H and O–H groups in total. The molecule has 0 amide bonds. The van der Waals surface area contributed by atoms with Gasteiger partial charge in [0.15, 0.2) is 21.3 Å². The van der Waals surface area contributed by atoms with Gasteiger partial charge in [0.05, 0.1) is 21.9 Å². The number of fused-ring (bicyclic) bond motifs is 3. The van der Waals surface area contributed by atoms with Gasteiger partial charge in [0.2, 0.25) is 0 Å². The SMILES string of the molecule is CCS(=O)(=O)c1ccc(-c2cc3cc(-c4ccc5c(c4)NS(=O)(=O)c4ccc(F)cc4O5)ccc3nc2N)cc1. The number of nitrogen functional groups attached to an aromatic ring is 1. The van der Waals surface area contributed by atoms with E-state index in [2.05, 4.69) is 9.71 Å². The van der Waals surface area contributed by atoms with Crippen LogP contribution in [0.15, 0.2) is 94.7 Å². The molecule has 0 saturated carbocycles. The number of halogens is 1. The molecule has 11 heteroatoms. The summed E-state index contributed by atoms with van der Waals surface area (Å²) >= 11 is 0. The highest BCUT2D eigenvalue weighted by atomic mass is 32.2. The maximum Gasteiger partial charge on any atom is 0.265 e. The number of nitrogens with zero attached hydrogens (tertiary/aromatic N) is 1. The van der Waals surface area contributed by atoms with E-state index in [1.807, 2.05) is 24.3 Å². The number of sulfone groups is 1. The molecule has 0 bridgehead atoms. The molecule has 0 saturated heterocycles. The monoisotopic (exact) mass is 575 g/mol. The Bertz CT molecular complexity index is 2050. The Balaban J connectivity index is 1.39. The summed E-state index contributed by atoms with van der Waals surface area (Å²) in [7, 11) is -7.33. The molecule has 6 rings (SSSR count). The number of aromatic nitrogens is 1. The quantitative estimate of drug-likeness (QED) is 0.269. The first-order valence-electron chi connectivity index (χ1n) is 12.2. The van der Waals surface area contributed by atoms with Gasteiger partial charge in [0.25, 0.3) is 10.0 Å². The van der Waals surface area contributed by atoms with E-state index in [4.69, 9.17) is 10.5 Å². The van der Waals surface area contributed by atoms with E-state index >= 15 is 0 Å². The van der Waals surface area contributed by atoms with Crippen LogP contribution in [0, 0.1) is 5.82 Å². The van der Waals surface area contributed by atoms with E-state index in [9.17, 15) is 21.2 Å². The van der Waals surface area contributed by atoms with Crippen molar-refractivity contribution in [1.29, 1.82) is 0 Å². The summed E-state index contributed by atoms with van der Waals surface area (Å²) in [5.74, 6) is -0.153. The van der Waals surface area contributed by atoms with Crippen molar-refractivity contribution in [3.8, 4) is 33.8 Å². The minimum absolute atomic E-state index is 0.0105. The molecule has 0 radical (unpaired) electrons. The molecule has 202 valence electrons. The molecule has 1 aliphatic rings. The van der Waals surface area contributed by atoms with Crippen LogP contribution in [0.1, 0.15) is 6.92 Å². The summed E-state index contributed by atoms with van der Waals surface area (Å²) in [6.07, 6.45) is 0. The molecule has 4 aromatic carbocycles. The van der Waals surface area contributed by atoms with Crippen LogP contribution in [0.5, 0.6) is 11.5 Å². The Morgan fingerprint density at radius 2 is 1.57 bits per heavy atom. The van der Waals surface area contributed by atoms with Crippen molar-refractivity contribution in [2.24, 2.45) is 0 Å². The van der Waals surface area contributed by atoms with Crippen molar-refractivity contribution >= 4 is 42.3 Å². The minimum Gasteiger partial charge on any atom is -0.454 e. The lowest BCUT2D eigenvalue weighted by Crippen LogP contribution is -2.11. The van der Waals surface area contributed by atoms with Crippen LogP contribution in [-0.4, -0.2) is 27.6 Å². The van der Waals surface area contributed by atoms with Gasteiger partial charge >= 0.3 is 0 Å². The third kappa shape index (κ3) is 4.52. The molecule has 1 aromatic heterocycles. The van der Waals surface area contributed by atoms with Crippen LogP contribution in [-0.2, 0) is 19.9 Å². The number of rotatable bonds is 4. The summed E-state index contributed by atoms with van der Waals surface area (Å²) in [4.78, 5) is 4.60. The Morgan fingerprint density at radius 1 is 0.875 bits per heavy atom. The van der Waals surface area contributed by atoms with Gasteiger partial charge in [-0.25, -0.2) is 26.2 Å². The minimum atomic E-state index is -4.00. The van der Waals surface area contributed by atoms with Crippen LogP contribution in [0.25, 0.3) is 33.2 Å². The number of benzene rings is 4. The molecule has 0 atom stereocenters. The van der Waals surface area contributed by atoms with Crippen LogP contribution in [0.3, 0.4) is 0 Å². The lowest BCUT2D eigenvalue weighted by atomic mass is 10.00. The van der Waals surface area contributed by atoms with Crippen molar-refractivity contribution in [2.75, 3.05) is 16.2 Å². The van der Waals surface area contributed by atoms with Crippen LogP contribution < -0.4 is 15.2 Å². The van der Waals surface area contributed by atoms with Gasteiger partial charge in [-0.15, -0.1) is 0 Å². The van der Waals surface area contributed by atoms with Crippen LogP contribution >= 0.6 is 0 Å². The number of nitrogens with one attached hydrogen (secondary N) is 1. The smallest absolute Gasteiger partial charge is 0.265 e. The molecule has 2 heterocycles. The Hall–Kier alpha value is -4.48. The Morgan fingerprint density at radius 3 is 2.33 bits per heavy atom. The normalized spacial score (nSPS) is 13.9. The zero-order chi connectivity index (χ0) is 28.2. The molecular weight excluding hydrogens is 553 g/mol. The van der Waals surface area contributed by atoms with Crippen LogP contribution in [0.4, 0.5) is 15.9 Å². The number of ether oxygens (including phenoxy) is 1. The van der Waals surface area contributed by atoms with Gasteiger partial charge < -0.3 is 10.5 Å². The number of nitrogens with two attached hydrogens (primary N) is 1. The lowest BCUT2D eigenvalue weighted by Gasteiger charge is -2.12. The fourth-order valence-electron chi connectivity index (χ4n) is 4.59. The average molecular weight is 576 g/mol. The highest BCUT2D eigenvalue weighted by Crippen LogP contribution is 2.41. The lowest BCUT2D eigenvalue weighted by molar-refractivity contribution is 0.466. The van der Waals surface area contributed by atoms with Gasteiger partial charge in [-0.2, -0.15) is 0 Å². The largest absolute Gasteiger partial charge is 0.454 e. The number of pyridine rings is 1. The van der Waals surface area contributed by atoms with Crippen molar-refractivity contribution in [3.05, 3.63) is 90.7 Å². The van der Waals surface area contributed by atoms with E-state index in [0.717, 1.165) is 34.7 Å². The average Bonchev–Trinajstić information content (AvgIpc) is 3.04. The fourth-order valence-corrected chi connectivity index (χ4v) is 6.65. The topological polar surface area (TPSA) is 128 Å². The number of hydrogen-bond acceptors (Lipinski definition) is 7. The zero-order valence-corrected chi connectivity index (χ0v) is 22.7. The molecule has 0 aliphatic carbocycles. The van der Waals surface area contributed by atoms with Gasteiger partial charge in [0, 0.05) is 17.0 Å². The summed E-state index contributed by atoms with van der Waals surface area (Å²) in [6, 6.07) is 22.3. The Labute approximate surface area is 230 Å². The molecule has 5 aromatic rings. The fraction of sp³-hybridized carbons (Fsp3) is 0.0690. The summed E-state index contributed by atoms with van der Waals surface area (Å²) in [6.45, 7) is 1.60. The van der Waals surface area contributed by atoms with Gasteiger partial charge in [0.1, 0.15) is 16.5 Å². The molecule has 1 aliphatic heterocycles. The first-order chi connectivity index (χ1) is 19.0. The first-order valence-corrected chi connectivity index (χ1v) is 15.4. The zero-order valence-electron chi connectivity index (χ0n) is 21.1. The molecule has 0 fully saturated rings. The first kappa shape index (κ1) is 25.8. The van der Waals surface area contributed by atoms with E-state index < -0.39 is 25.7 Å². The summed E-state index contributed by atoms with van der Waals surface area (Å²) in [5, 5.41) is 0.779. The molecular formula is C29H22FN3O5S2. The predicted molar refractivity (Wildman–Crippen MR) is 152 cm³/mol. The maximum absolute atomic E-state index is 13.8. The van der Waals surface area contributed by atoms with Crippen molar-refractivity contribution in [1.82, 2.24) is 4.98 Å². The van der Waals surface area contributed by atoms with Crippen LogP contribution in [0.2, 0.25) is 0 Å². The van der Waals surface area contributed by atoms with Gasteiger partial charge in [-0.05, 0) is 71.3 Å². The van der Waals surface area contributed by atoms with Gasteiger partial charge in [-0.3, -0.25) is 4.72 Å². The van der Waals surface area contributed by atoms with E-state index in [1.54, 1.807) is 49.4 Å². The number of anilines is 2. The summed E-state index contributed by atoms with van der Waals surface area (Å²) in [5.41, 5.74) is 9.98.